The van der Waals surface area contributed by atoms with E-state index < -0.39 is 74.9 Å². The van der Waals surface area contributed by atoms with Crippen molar-refractivity contribution in [1.29, 1.82) is 0 Å². The summed E-state index contributed by atoms with van der Waals surface area (Å²) in [7, 11) is 0. The van der Waals surface area contributed by atoms with Gasteiger partial charge in [0, 0.05) is 0 Å². The second kappa shape index (κ2) is 9.15. The van der Waals surface area contributed by atoms with Gasteiger partial charge in [-0.15, -0.1) is 0 Å². The molecule has 9 atom stereocenters. The molecule has 11 heteroatoms. The van der Waals surface area contributed by atoms with Gasteiger partial charge in [0.2, 0.25) is 0 Å². The molecule has 0 amide bonds. The van der Waals surface area contributed by atoms with Crippen LogP contribution >= 0.6 is 0 Å². The number of hydrogen-bond acceptors (Lipinski definition) is 11. The van der Waals surface area contributed by atoms with Crippen LogP contribution in [0.15, 0.2) is 0 Å². The topological polar surface area (TPSA) is 201 Å². The minimum atomic E-state index is -1.85. The van der Waals surface area contributed by atoms with E-state index in [1.54, 1.807) is 0 Å². The Labute approximate surface area is 131 Å². The molecule has 138 valence electrons. The van der Waals surface area contributed by atoms with Crippen LogP contribution in [0.4, 0.5) is 0 Å². The van der Waals surface area contributed by atoms with Crippen LogP contribution in [0.1, 0.15) is 0 Å². The molecule has 1 aliphatic rings. The van der Waals surface area contributed by atoms with Gasteiger partial charge in [-0.05, 0) is 0 Å². The van der Waals surface area contributed by atoms with E-state index in [9.17, 15) is 30.6 Å². The third-order valence-corrected chi connectivity index (χ3v) is 3.62. The summed E-state index contributed by atoms with van der Waals surface area (Å²) in [6, 6.07) is 0. The number of rotatable bonds is 8. The van der Waals surface area contributed by atoms with E-state index in [-0.39, 0.29) is 0 Å². The SMILES string of the molecule is OCC(O)C(O)[C@@H](O[C@@H]1OC(CO)[C@@H](O)C(O)C1O)C(O)CO. The monoisotopic (exact) mass is 344 g/mol. The van der Waals surface area contributed by atoms with E-state index in [1.807, 2.05) is 0 Å². The van der Waals surface area contributed by atoms with Crippen LogP contribution in [-0.4, -0.2) is 121 Å². The Morgan fingerprint density at radius 1 is 0.826 bits per heavy atom. The Hall–Kier alpha value is -0.440. The van der Waals surface area contributed by atoms with Crippen LogP contribution < -0.4 is 0 Å². The van der Waals surface area contributed by atoms with Crippen LogP contribution in [0.25, 0.3) is 0 Å². The lowest BCUT2D eigenvalue weighted by Crippen LogP contribution is -2.61. The third kappa shape index (κ3) is 4.78. The van der Waals surface area contributed by atoms with Crippen LogP contribution in [0.2, 0.25) is 0 Å². The van der Waals surface area contributed by atoms with E-state index >= 15 is 0 Å². The van der Waals surface area contributed by atoms with Crippen LogP contribution in [-0.2, 0) is 9.47 Å². The fraction of sp³-hybridized carbons (Fsp3) is 1.00. The maximum atomic E-state index is 9.83. The summed E-state index contributed by atoms with van der Waals surface area (Å²) in [6.45, 7) is -2.45. The van der Waals surface area contributed by atoms with Crippen LogP contribution in [0.3, 0.4) is 0 Å². The van der Waals surface area contributed by atoms with Crippen molar-refractivity contribution in [2.75, 3.05) is 19.8 Å². The molecule has 0 saturated carbocycles. The maximum absolute atomic E-state index is 9.83. The second-order valence-electron chi connectivity index (χ2n) is 5.29. The molecule has 0 bridgehead atoms. The molecule has 0 aromatic carbocycles. The summed E-state index contributed by atoms with van der Waals surface area (Å²) in [5, 5.41) is 84.9. The number of aliphatic hydroxyl groups is 9. The van der Waals surface area contributed by atoms with Crippen molar-refractivity contribution in [3.05, 3.63) is 0 Å². The van der Waals surface area contributed by atoms with Crippen molar-refractivity contribution in [3.63, 3.8) is 0 Å². The molecule has 11 nitrogen and oxygen atoms in total. The van der Waals surface area contributed by atoms with E-state index in [0.717, 1.165) is 0 Å². The summed E-state index contributed by atoms with van der Waals surface area (Å²) in [4.78, 5) is 0. The van der Waals surface area contributed by atoms with Crippen molar-refractivity contribution in [3.8, 4) is 0 Å². The Kier molecular flexibility index (Phi) is 8.20. The van der Waals surface area contributed by atoms with Gasteiger partial charge in [-0.3, -0.25) is 0 Å². The largest absolute Gasteiger partial charge is 0.394 e. The highest BCUT2D eigenvalue weighted by molar-refractivity contribution is 4.91. The zero-order valence-corrected chi connectivity index (χ0v) is 12.2. The molecule has 9 N–H and O–H groups in total. The summed E-state index contributed by atoms with van der Waals surface area (Å²) < 4.78 is 10.1. The molecule has 23 heavy (non-hydrogen) atoms. The zero-order chi connectivity index (χ0) is 17.7. The molecular weight excluding hydrogens is 320 g/mol. The van der Waals surface area contributed by atoms with Gasteiger partial charge in [-0.2, -0.15) is 0 Å². The van der Waals surface area contributed by atoms with Gasteiger partial charge in [-0.25, -0.2) is 0 Å². The fourth-order valence-electron chi connectivity index (χ4n) is 2.16. The standard InChI is InChI=1S/C12H24O11/c13-1-4(16)7(18)11(5(17)2-14)23-12-10(21)9(20)8(19)6(3-15)22-12/h4-21H,1-3H2/t4?,5?,6?,7?,8-,9?,10?,11+,12+/m1/s1. The Morgan fingerprint density at radius 3 is 1.87 bits per heavy atom. The molecule has 0 radical (unpaired) electrons. The van der Waals surface area contributed by atoms with Gasteiger partial charge in [0.25, 0.3) is 0 Å². The van der Waals surface area contributed by atoms with Crippen LogP contribution in [0, 0.1) is 0 Å². The van der Waals surface area contributed by atoms with Crippen molar-refractivity contribution in [2.24, 2.45) is 0 Å². The van der Waals surface area contributed by atoms with E-state index in [4.69, 9.17) is 24.8 Å². The lowest BCUT2D eigenvalue weighted by Gasteiger charge is -2.42. The van der Waals surface area contributed by atoms with Gasteiger partial charge in [0.1, 0.15) is 48.8 Å². The predicted octanol–water partition coefficient (Wildman–Crippen LogP) is -5.76. The highest BCUT2D eigenvalue weighted by Crippen LogP contribution is 2.24. The molecular formula is C12H24O11. The Bertz CT molecular complexity index is 341. The van der Waals surface area contributed by atoms with Gasteiger partial charge in [-0.1, -0.05) is 0 Å². The minimum absolute atomic E-state index is 0.708. The van der Waals surface area contributed by atoms with Gasteiger partial charge >= 0.3 is 0 Å². The molecule has 1 heterocycles. The summed E-state index contributed by atoms with van der Waals surface area (Å²) in [5.41, 5.74) is 0. The molecule has 6 unspecified atom stereocenters. The number of ether oxygens (including phenoxy) is 2. The van der Waals surface area contributed by atoms with Crippen LogP contribution in [0.5, 0.6) is 0 Å². The average molecular weight is 344 g/mol. The van der Waals surface area contributed by atoms with E-state index in [1.165, 1.54) is 0 Å². The molecule has 1 saturated heterocycles. The zero-order valence-electron chi connectivity index (χ0n) is 12.2. The summed E-state index contributed by atoms with van der Waals surface area (Å²) >= 11 is 0. The second-order valence-corrected chi connectivity index (χ2v) is 5.29. The van der Waals surface area contributed by atoms with Gasteiger partial charge in [0.15, 0.2) is 6.29 Å². The minimum Gasteiger partial charge on any atom is -0.394 e. The van der Waals surface area contributed by atoms with E-state index in [0.29, 0.717) is 0 Å². The first kappa shape index (κ1) is 20.6. The first-order valence-corrected chi connectivity index (χ1v) is 7.00. The smallest absolute Gasteiger partial charge is 0.187 e. The first-order valence-electron chi connectivity index (χ1n) is 7.00. The molecule has 1 rings (SSSR count). The number of aliphatic hydroxyl groups excluding tert-OH is 9. The van der Waals surface area contributed by atoms with Crippen molar-refractivity contribution < 1.29 is 55.4 Å². The fourth-order valence-corrected chi connectivity index (χ4v) is 2.16. The molecule has 0 aromatic rings. The first-order chi connectivity index (χ1) is 10.8. The Morgan fingerprint density at radius 2 is 1.39 bits per heavy atom. The highest BCUT2D eigenvalue weighted by atomic mass is 16.7. The Balaban J connectivity index is 2.89. The molecule has 1 fully saturated rings. The molecule has 0 aromatic heterocycles. The van der Waals surface area contributed by atoms with Crippen molar-refractivity contribution in [1.82, 2.24) is 0 Å². The maximum Gasteiger partial charge on any atom is 0.187 e. The van der Waals surface area contributed by atoms with Crippen molar-refractivity contribution in [2.45, 2.75) is 55.1 Å². The molecule has 0 aliphatic carbocycles. The predicted molar refractivity (Wildman–Crippen MR) is 70.8 cm³/mol. The van der Waals surface area contributed by atoms with E-state index in [2.05, 4.69) is 0 Å². The molecule has 0 spiro atoms. The van der Waals surface area contributed by atoms with Gasteiger partial charge in [0.05, 0.1) is 19.8 Å². The summed E-state index contributed by atoms with van der Waals surface area (Å²) in [5.74, 6) is 0. The normalized spacial score (nSPS) is 37.2. The van der Waals surface area contributed by atoms with Gasteiger partial charge < -0.3 is 55.4 Å². The summed E-state index contributed by atoms with van der Waals surface area (Å²) in [6.07, 6.45) is -15.1. The average Bonchev–Trinajstić information content (AvgIpc) is 2.57. The number of hydrogen-bond donors (Lipinski definition) is 9. The quantitative estimate of drug-likeness (QED) is 0.203. The lowest BCUT2D eigenvalue weighted by molar-refractivity contribution is -0.327. The lowest BCUT2D eigenvalue weighted by atomic mass is 9.98. The highest BCUT2D eigenvalue weighted by Gasteiger charge is 2.46. The third-order valence-electron chi connectivity index (χ3n) is 3.62. The molecule has 1 aliphatic heterocycles. The van der Waals surface area contributed by atoms with Crippen molar-refractivity contribution >= 4 is 0 Å².